The van der Waals surface area contributed by atoms with Gasteiger partial charge in [-0.3, -0.25) is 0 Å². The fourth-order valence-electron chi connectivity index (χ4n) is 1.83. The minimum Gasteiger partial charge on any atom is -0.320 e. The molecule has 2 N–H and O–H groups in total. The van der Waals surface area contributed by atoms with Crippen molar-refractivity contribution in [2.24, 2.45) is 5.73 Å². The average Bonchev–Trinajstić information content (AvgIpc) is 2.35. The van der Waals surface area contributed by atoms with Crippen LogP contribution in [0.3, 0.4) is 0 Å². The van der Waals surface area contributed by atoms with E-state index >= 15 is 0 Å². The maximum Gasteiger partial charge on any atom is 0.128 e. The van der Waals surface area contributed by atoms with Crippen molar-refractivity contribution >= 4 is 27.5 Å². The van der Waals surface area contributed by atoms with Crippen LogP contribution in [0.4, 0.5) is 4.39 Å². The lowest BCUT2D eigenvalue weighted by atomic mass is 9.97. The molecular formula is C14H12BrClFN. The van der Waals surface area contributed by atoms with Crippen molar-refractivity contribution < 1.29 is 4.39 Å². The second kappa shape index (κ2) is 5.39. The highest BCUT2D eigenvalue weighted by Gasteiger charge is 2.17. The van der Waals surface area contributed by atoms with E-state index in [4.69, 9.17) is 17.3 Å². The lowest BCUT2D eigenvalue weighted by molar-refractivity contribution is 0.599. The largest absolute Gasteiger partial charge is 0.320 e. The second-order valence-electron chi connectivity index (χ2n) is 4.15. The molecule has 0 heterocycles. The molecular weight excluding hydrogens is 317 g/mol. The van der Waals surface area contributed by atoms with Gasteiger partial charge in [0.05, 0.1) is 11.1 Å². The van der Waals surface area contributed by atoms with Crippen molar-refractivity contribution in [1.29, 1.82) is 0 Å². The Hall–Kier alpha value is -0.900. The Kier molecular flexibility index (Phi) is 4.05. The molecule has 4 heteroatoms. The first-order valence-corrected chi connectivity index (χ1v) is 6.63. The Bertz CT molecular complexity index is 584. The Balaban J connectivity index is 2.51. The molecule has 0 saturated heterocycles. The van der Waals surface area contributed by atoms with Crippen molar-refractivity contribution in [2.75, 3.05) is 0 Å². The van der Waals surface area contributed by atoms with E-state index in [9.17, 15) is 4.39 Å². The van der Waals surface area contributed by atoms with Gasteiger partial charge in [-0.25, -0.2) is 4.39 Å². The standard InChI is InChI=1S/C14H12BrClFN/c1-8-5-6-12(17)10(7-8)14(18)9-3-2-4-11(15)13(9)16/h2-7,14H,18H2,1H3. The van der Waals surface area contributed by atoms with Crippen LogP contribution in [-0.2, 0) is 0 Å². The third kappa shape index (κ3) is 2.58. The molecule has 0 fully saturated rings. The maximum atomic E-state index is 13.8. The summed E-state index contributed by atoms with van der Waals surface area (Å²) in [5.41, 5.74) is 8.23. The van der Waals surface area contributed by atoms with Crippen LogP contribution in [0.2, 0.25) is 5.02 Å². The minimum absolute atomic E-state index is 0.316. The van der Waals surface area contributed by atoms with E-state index in [2.05, 4.69) is 15.9 Å². The fourth-order valence-corrected chi connectivity index (χ4v) is 2.45. The number of halogens is 3. The molecule has 0 aromatic heterocycles. The molecule has 0 bridgehead atoms. The van der Waals surface area contributed by atoms with Gasteiger partial charge in [-0.15, -0.1) is 0 Å². The number of aryl methyl sites for hydroxylation is 1. The quantitative estimate of drug-likeness (QED) is 0.856. The van der Waals surface area contributed by atoms with Crippen LogP contribution in [-0.4, -0.2) is 0 Å². The van der Waals surface area contributed by atoms with Crippen molar-refractivity contribution in [3.8, 4) is 0 Å². The van der Waals surface area contributed by atoms with Crippen LogP contribution >= 0.6 is 27.5 Å². The van der Waals surface area contributed by atoms with Crippen LogP contribution in [0.15, 0.2) is 40.9 Å². The summed E-state index contributed by atoms with van der Waals surface area (Å²) < 4.78 is 14.6. The predicted octanol–water partition coefficient (Wildman–Crippen LogP) is 4.60. The summed E-state index contributed by atoms with van der Waals surface area (Å²) in [6.45, 7) is 1.90. The lowest BCUT2D eigenvalue weighted by Gasteiger charge is -2.16. The SMILES string of the molecule is Cc1ccc(F)c(C(N)c2cccc(Br)c2Cl)c1. The molecule has 0 aliphatic rings. The third-order valence-corrected chi connectivity index (χ3v) is 4.11. The molecule has 0 saturated carbocycles. The van der Waals surface area contributed by atoms with E-state index in [1.807, 2.05) is 19.1 Å². The first-order valence-electron chi connectivity index (χ1n) is 5.46. The summed E-state index contributed by atoms with van der Waals surface area (Å²) in [7, 11) is 0. The highest BCUT2D eigenvalue weighted by molar-refractivity contribution is 9.10. The van der Waals surface area contributed by atoms with Gasteiger partial charge < -0.3 is 5.73 Å². The van der Waals surface area contributed by atoms with E-state index in [1.165, 1.54) is 6.07 Å². The van der Waals surface area contributed by atoms with Crippen LogP contribution in [0.1, 0.15) is 22.7 Å². The van der Waals surface area contributed by atoms with Gasteiger partial charge in [-0.1, -0.05) is 41.4 Å². The van der Waals surface area contributed by atoms with Gasteiger partial charge in [0.15, 0.2) is 0 Å². The summed E-state index contributed by atoms with van der Waals surface area (Å²) in [4.78, 5) is 0. The van der Waals surface area contributed by atoms with Gasteiger partial charge in [0.2, 0.25) is 0 Å². The Labute approximate surface area is 119 Å². The third-order valence-electron chi connectivity index (χ3n) is 2.80. The molecule has 0 radical (unpaired) electrons. The highest BCUT2D eigenvalue weighted by atomic mass is 79.9. The summed E-state index contributed by atoms with van der Waals surface area (Å²) in [6, 6.07) is 9.78. The Morgan fingerprint density at radius 3 is 2.67 bits per heavy atom. The first kappa shape index (κ1) is 13.5. The molecule has 0 aliphatic heterocycles. The number of hydrogen-bond donors (Lipinski definition) is 1. The zero-order valence-electron chi connectivity index (χ0n) is 9.75. The molecule has 0 aliphatic carbocycles. The van der Waals surface area contributed by atoms with Gasteiger partial charge in [0.25, 0.3) is 0 Å². The van der Waals surface area contributed by atoms with Gasteiger partial charge in [-0.05, 0) is 40.5 Å². The minimum atomic E-state index is -0.574. The van der Waals surface area contributed by atoms with Gasteiger partial charge in [0, 0.05) is 10.0 Å². The molecule has 2 aromatic rings. The average molecular weight is 329 g/mol. The van der Waals surface area contributed by atoms with Gasteiger partial charge in [0.1, 0.15) is 5.82 Å². The topological polar surface area (TPSA) is 26.0 Å². The number of nitrogens with two attached hydrogens (primary N) is 1. The van der Waals surface area contributed by atoms with E-state index < -0.39 is 6.04 Å². The summed E-state index contributed by atoms with van der Waals surface area (Å²) in [5.74, 6) is -0.316. The molecule has 94 valence electrons. The van der Waals surface area contributed by atoms with Crippen LogP contribution < -0.4 is 5.73 Å². The summed E-state index contributed by atoms with van der Waals surface area (Å²) in [6.07, 6.45) is 0. The molecule has 1 unspecified atom stereocenters. The van der Waals surface area contributed by atoms with Crippen molar-refractivity contribution in [3.05, 3.63) is 68.4 Å². The highest BCUT2D eigenvalue weighted by Crippen LogP contribution is 2.33. The zero-order chi connectivity index (χ0) is 13.3. The first-order chi connectivity index (χ1) is 8.50. The maximum absolute atomic E-state index is 13.8. The second-order valence-corrected chi connectivity index (χ2v) is 5.38. The Morgan fingerprint density at radius 2 is 1.94 bits per heavy atom. The summed E-state index contributed by atoms with van der Waals surface area (Å²) in [5, 5.41) is 0.519. The van der Waals surface area contributed by atoms with Crippen LogP contribution in [0.25, 0.3) is 0 Å². The predicted molar refractivity (Wildman–Crippen MR) is 76.3 cm³/mol. The molecule has 0 spiro atoms. The number of benzene rings is 2. The van der Waals surface area contributed by atoms with Crippen LogP contribution in [0.5, 0.6) is 0 Å². The monoisotopic (exact) mass is 327 g/mol. The van der Waals surface area contributed by atoms with Crippen LogP contribution in [0, 0.1) is 12.7 Å². The molecule has 1 atom stereocenters. The zero-order valence-corrected chi connectivity index (χ0v) is 12.1. The molecule has 2 aromatic carbocycles. The van der Waals surface area contributed by atoms with Crippen molar-refractivity contribution in [1.82, 2.24) is 0 Å². The smallest absolute Gasteiger partial charge is 0.128 e. The van der Waals surface area contributed by atoms with Crippen molar-refractivity contribution in [3.63, 3.8) is 0 Å². The fraction of sp³-hybridized carbons (Fsp3) is 0.143. The van der Waals surface area contributed by atoms with Crippen molar-refractivity contribution in [2.45, 2.75) is 13.0 Å². The van der Waals surface area contributed by atoms with Gasteiger partial charge in [-0.2, -0.15) is 0 Å². The Morgan fingerprint density at radius 1 is 1.22 bits per heavy atom. The molecule has 2 rings (SSSR count). The van der Waals surface area contributed by atoms with Gasteiger partial charge >= 0.3 is 0 Å². The van der Waals surface area contributed by atoms with E-state index in [0.717, 1.165) is 10.0 Å². The lowest BCUT2D eigenvalue weighted by Crippen LogP contribution is -2.14. The molecule has 0 amide bonds. The van der Waals surface area contributed by atoms with E-state index in [1.54, 1.807) is 18.2 Å². The van der Waals surface area contributed by atoms with E-state index in [-0.39, 0.29) is 5.82 Å². The molecule has 18 heavy (non-hydrogen) atoms. The number of rotatable bonds is 2. The normalized spacial score (nSPS) is 12.5. The number of hydrogen-bond acceptors (Lipinski definition) is 1. The van der Waals surface area contributed by atoms with E-state index in [0.29, 0.717) is 16.1 Å². The molecule has 1 nitrogen and oxygen atoms in total. The summed E-state index contributed by atoms with van der Waals surface area (Å²) >= 11 is 9.52.